The normalized spacial score (nSPS) is 55.6. The second-order valence-corrected chi connectivity index (χ2v) is 12.9. The van der Waals surface area contributed by atoms with Crippen molar-refractivity contribution in [2.45, 2.75) is 81.6 Å². The van der Waals surface area contributed by atoms with E-state index >= 15 is 0 Å². The van der Waals surface area contributed by atoms with E-state index in [1.54, 1.807) is 19.9 Å². The standard InChI is InChI=1S/C27H32O10/c1-22-11-25(33)18(15(29)19(22)31)27-13(24(25,3)17(22)16(30)21(32)34-4)5-7-23(2)20(12-6-8-35-10-12)36-14(28)9-26(23,27)37-27/h6,8,10,13,16-20,30-31,33H,5,7,9,11H2,1-4H3/t13-,16-,17-,18-,19+,20-,22-,23-,24+,25+,26-,27-/m0/s1. The number of hydrogen-bond acceptors (Lipinski definition) is 10. The van der Waals surface area contributed by atoms with Crippen molar-refractivity contribution in [2.24, 2.45) is 34.0 Å². The third kappa shape index (κ3) is 2.11. The molecule has 2 aliphatic heterocycles. The van der Waals surface area contributed by atoms with E-state index in [0.717, 1.165) is 0 Å². The first-order valence-electron chi connectivity index (χ1n) is 12.9. The van der Waals surface area contributed by atoms with Gasteiger partial charge in [-0.05, 0) is 25.3 Å². The monoisotopic (exact) mass is 516 g/mol. The molecule has 1 aromatic rings. The number of hydrogen-bond donors (Lipinski definition) is 3. The Kier molecular flexibility index (Phi) is 4.17. The highest BCUT2D eigenvalue weighted by Gasteiger charge is 2.99. The number of Topliss-reactive ketones (excluding diaryl/α,β-unsaturated/α-hetero) is 1. The maximum absolute atomic E-state index is 14.0. The van der Waals surface area contributed by atoms with E-state index in [0.29, 0.717) is 18.4 Å². The smallest absolute Gasteiger partial charge is 0.335 e. The first kappa shape index (κ1) is 23.8. The molecule has 10 heteroatoms. The van der Waals surface area contributed by atoms with Crippen LogP contribution in [0.3, 0.4) is 0 Å². The van der Waals surface area contributed by atoms with Gasteiger partial charge in [0.05, 0.1) is 37.6 Å². The lowest BCUT2D eigenvalue weighted by Gasteiger charge is -2.54. The molecule has 6 aliphatic rings. The van der Waals surface area contributed by atoms with Gasteiger partial charge in [-0.2, -0.15) is 0 Å². The summed E-state index contributed by atoms with van der Waals surface area (Å²) in [7, 11) is 1.17. The highest BCUT2D eigenvalue weighted by atomic mass is 16.7. The number of ketones is 1. The lowest BCUT2D eigenvalue weighted by atomic mass is 9.48. The molecule has 1 aromatic heterocycles. The minimum Gasteiger partial charge on any atom is -0.472 e. The number of fused-ring (bicyclic) bond motifs is 2. The number of ether oxygens (including phenoxy) is 3. The zero-order valence-electron chi connectivity index (χ0n) is 21.2. The van der Waals surface area contributed by atoms with Crippen LogP contribution in [0.25, 0.3) is 0 Å². The van der Waals surface area contributed by atoms with Crippen LogP contribution < -0.4 is 0 Å². The number of methoxy groups -OCH3 is 1. The molecule has 2 saturated heterocycles. The summed E-state index contributed by atoms with van der Waals surface area (Å²) in [4.78, 5) is 39.8. The van der Waals surface area contributed by atoms with Gasteiger partial charge in [0.1, 0.15) is 23.4 Å². The summed E-state index contributed by atoms with van der Waals surface area (Å²) in [5.74, 6) is -4.48. The molecule has 3 heterocycles. The summed E-state index contributed by atoms with van der Waals surface area (Å²) < 4.78 is 22.7. The Morgan fingerprint density at radius 1 is 1.24 bits per heavy atom. The fourth-order valence-electron chi connectivity index (χ4n) is 10.6. The SMILES string of the molecule is COC(=O)[C@@H](O)[C@H]1[C@]2(C)C[C@@]3(O)[C@H](C(=O)[C@H]2O)[C@]24O[C@]25CC(=O)O[C@@H](c2ccoc2)[C@]5(C)CC[C@H]4[C@]13C. The molecule has 2 spiro atoms. The molecular weight excluding hydrogens is 484 g/mol. The van der Waals surface area contributed by atoms with E-state index in [4.69, 9.17) is 18.6 Å². The number of furan rings is 1. The molecule has 2 bridgehead atoms. The van der Waals surface area contributed by atoms with Crippen LogP contribution >= 0.6 is 0 Å². The molecule has 200 valence electrons. The van der Waals surface area contributed by atoms with Gasteiger partial charge in [0.15, 0.2) is 11.9 Å². The largest absolute Gasteiger partial charge is 0.472 e. The molecule has 4 saturated carbocycles. The molecule has 0 aromatic carbocycles. The van der Waals surface area contributed by atoms with E-state index in [1.807, 2.05) is 6.92 Å². The van der Waals surface area contributed by atoms with E-state index in [1.165, 1.54) is 19.6 Å². The summed E-state index contributed by atoms with van der Waals surface area (Å²) in [6.07, 6.45) is 0.133. The first-order chi connectivity index (χ1) is 17.3. The molecule has 10 nitrogen and oxygen atoms in total. The second kappa shape index (κ2) is 6.47. The number of cyclic esters (lactones) is 1. The number of rotatable bonds is 3. The third-order valence-corrected chi connectivity index (χ3v) is 11.9. The van der Waals surface area contributed by atoms with Crippen molar-refractivity contribution >= 4 is 17.7 Å². The topological polar surface area (TPSA) is 156 Å². The molecule has 37 heavy (non-hydrogen) atoms. The van der Waals surface area contributed by atoms with Gasteiger partial charge in [0.25, 0.3) is 0 Å². The Labute approximate surface area is 213 Å². The summed E-state index contributed by atoms with van der Waals surface area (Å²) in [6.45, 7) is 5.44. The Morgan fingerprint density at radius 2 is 1.97 bits per heavy atom. The summed E-state index contributed by atoms with van der Waals surface area (Å²) >= 11 is 0. The van der Waals surface area contributed by atoms with Crippen LogP contribution in [-0.2, 0) is 28.6 Å². The van der Waals surface area contributed by atoms with Gasteiger partial charge in [0, 0.05) is 33.6 Å². The minimum absolute atomic E-state index is 0.0107. The zero-order chi connectivity index (χ0) is 26.6. The molecule has 4 aliphatic carbocycles. The molecule has 12 atom stereocenters. The lowest BCUT2D eigenvalue weighted by molar-refractivity contribution is -0.185. The predicted octanol–water partition coefficient (Wildman–Crippen LogP) is 1.06. The van der Waals surface area contributed by atoms with Crippen molar-refractivity contribution in [3.63, 3.8) is 0 Å². The average molecular weight is 517 g/mol. The van der Waals surface area contributed by atoms with Crippen molar-refractivity contribution < 1.29 is 48.3 Å². The van der Waals surface area contributed by atoms with Crippen molar-refractivity contribution in [1.82, 2.24) is 0 Å². The van der Waals surface area contributed by atoms with Gasteiger partial charge in [-0.15, -0.1) is 0 Å². The van der Waals surface area contributed by atoms with Gasteiger partial charge in [-0.1, -0.05) is 20.8 Å². The molecular formula is C27H32O10. The van der Waals surface area contributed by atoms with E-state index in [-0.39, 0.29) is 12.8 Å². The van der Waals surface area contributed by atoms with E-state index in [9.17, 15) is 29.7 Å². The number of aliphatic hydroxyl groups is 3. The summed E-state index contributed by atoms with van der Waals surface area (Å²) in [6, 6.07) is 1.74. The molecule has 6 fully saturated rings. The Hall–Kier alpha value is -2.27. The molecule has 0 radical (unpaired) electrons. The van der Waals surface area contributed by atoms with Crippen molar-refractivity contribution in [3.8, 4) is 0 Å². The van der Waals surface area contributed by atoms with Crippen LogP contribution in [0.1, 0.15) is 58.1 Å². The lowest BCUT2D eigenvalue weighted by Crippen LogP contribution is -2.64. The molecule has 3 N–H and O–H groups in total. The fourth-order valence-corrected chi connectivity index (χ4v) is 10.6. The quantitative estimate of drug-likeness (QED) is 0.392. The van der Waals surface area contributed by atoms with Crippen LogP contribution in [-0.4, -0.2) is 69.2 Å². The van der Waals surface area contributed by atoms with Crippen LogP contribution in [0.4, 0.5) is 0 Å². The summed E-state index contributed by atoms with van der Waals surface area (Å²) in [5.41, 5.74) is -6.52. The van der Waals surface area contributed by atoms with Gasteiger partial charge in [-0.3, -0.25) is 9.59 Å². The fraction of sp³-hybridized carbons (Fsp3) is 0.741. The van der Waals surface area contributed by atoms with Gasteiger partial charge < -0.3 is 33.9 Å². The Balaban J connectivity index is 1.45. The highest BCUT2D eigenvalue weighted by molar-refractivity contribution is 5.93. The molecule has 0 amide bonds. The maximum atomic E-state index is 14.0. The Morgan fingerprint density at radius 3 is 2.62 bits per heavy atom. The van der Waals surface area contributed by atoms with Crippen LogP contribution in [0.5, 0.6) is 0 Å². The van der Waals surface area contributed by atoms with Crippen molar-refractivity contribution in [2.75, 3.05) is 7.11 Å². The highest BCUT2D eigenvalue weighted by Crippen LogP contribution is 2.88. The number of aliphatic hydroxyl groups excluding tert-OH is 2. The average Bonchev–Trinajstić information content (AvgIpc) is 3.11. The molecule has 7 rings (SSSR count). The predicted molar refractivity (Wildman–Crippen MR) is 121 cm³/mol. The zero-order valence-corrected chi connectivity index (χ0v) is 21.2. The maximum Gasteiger partial charge on any atom is 0.335 e. The van der Waals surface area contributed by atoms with Gasteiger partial charge >= 0.3 is 11.9 Å². The Bertz CT molecular complexity index is 1240. The first-order valence-corrected chi connectivity index (χ1v) is 12.9. The third-order valence-electron chi connectivity index (χ3n) is 11.9. The summed E-state index contributed by atoms with van der Waals surface area (Å²) in [5, 5.41) is 35.2. The molecule has 0 unspecified atom stereocenters. The van der Waals surface area contributed by atoms with Crippen LogP contribution in [0.2, 0.25) is 0 Å². The number of epoxide rings is 1. The van der Waals surface area contributed by atoms with E-state index in [2.05, 4.69) is 0 Å². The second-order valence-electron chi connectivity index (χ2n) is 12.9. The van der Waals surface area contributed by atoms with E-state index < -0.39 is 86.8 Å². The van der Waals surface area contributed by atoms with Crippen LogP contribution in [0, 0.1) is 34.0 Å². The van der Waals surface area contributed by atoms with Gasteiger partial charge in [0.2, 0.25) is 0 Å². The van der Waals surface area contributed by atoms with Crippen molar-refractivity contribution in [3.05, 3.63) is 24.2 Å². The van der Waals surface area contributed by atoms with Gasteiger partial charge in [-0.25, -0.2) is 4.79 Å². The number of carbonyl (C=O) groups excluding carboxylic acids is 3. The number of esters is 2. The minimum atomic E-state index is -1.66. The number of carbonyl (C=O) groups is 3. The van der Waals surface area contributed by atoms with Crippen LogP contribution in [0.15, 0.2) is 23.0 Å². The van der Waals surface area contributed by atoms with Crippen molar-refractivity contribution in [1.29, 1.82) is 0 Å².